The second kappa shape index (κ2) is 4.47. The number of halogens is 1. The molecule has 1 aromatic rings. The third-order valence-electron chi connectivity index (χ3n) is 1.62. The Balaban J connectivity index is 2.75. The summed E-state index contributed by atoms with van der Waals surface area (Å²) in [5, 5.41) is 0. The first-order chi connectivity index (χ1) is 6.09. The largest absolute Gasteiger partial charge is 0.489 e. The zero-order valence-corrected chi connectivity index (χ0v) is 9.52. The lowest BCUT2D eigenvalue weighted by Gasteiger charge is -2.08. The summed E-state index contributed by atoms with van der Waals surface area (Å²) in [6.07, 6.45) is 0. The molecule has 0 fully saturated rings. The Labute approximate surface area is 87.5 Å². The van der Waals surface area contributed by atoms with E-state index in [-0.39, 0.29) is 0 Å². The maximum absolute atomic E-state index is 5.55. The van der Waals surface area contributed by atoms with Gasteiger partial charge in [-0.3, -0.25) is 0 Å². The Bertz CT molecular complexity index is 318. The van der Waals surface area contributed by atoms with Crippen LogP contribution in [0.2, 0.25) is 0 Å². The average Bonchev–Trinajstić information content (AvgIpc) is 2.06. The summed E-state index contributed by atoms with van der Waals surface area (Å²) in [6.45, 7) is 8.35. The predicted molar refractivity (Wildman–Crippen MR) is 59.2 cm³/mol. The van der Waals surface area contributed by atoms with Crippen LogP contribution in [-0.4, -0.2) is 6.61 Å². The van der Waals surface area contributed by atoms with Crippen molar-refractivity contribution in [1.82, 2.24) is 0 Å². The van der Waals surface area contributed by atoms with Crippen LogP contribution in [0.5, 0.6) is 5.75 Å². The fourth-order valence-electron chi connectivity index (χ4n) is 0.930. The molecule has 70 valence electrons. The monoisotopic (exact) mass is 240 g/mol. The van der Waals surface area contributed by atoms with Gasteiger partial charge < -0.3 is 4.74 Å². The van der Waals surface area contributed by atoms with E-state index in [9.17, 15) is 0 Å². The highest BCUT2D eigenvalue weighted by Crippen LogP contribution is 2.23. The van der Waals surface area contributed by atoms with Crippen molar-refractivity contribution in [3.8, 4) is 5.75 Å². The van der Waals surface area contributed by atoms with Crippen LogP contribution in [0.4, 0.5) is 0 Å². The SMILES string of the molecule is C=C(C)COc1cc(Br)ccc1C. The van der Waals surface area contributed by atoms with E-state index in [4.69, 9.17) is 4.74 Å². The fraction of sp³-hybridized carbons (Fsp3) is 0.273. The Hall–Kier alpha value is -0.760. The molecule has 0 saturated carbocycles. The highest BCUT2D eigenvalue weighted by atomic mass is 79.9. The predicted octanol–water partition coefficient (Wildman–Crippen LogP) is 3.71. The second-order valence-corrected chi connectivity index (χ2v) is 4.07. The summed E-state index contributed by atoms with van der Waals surface area (Å²) < 4.78 is 6.59. The van der Waals surface area contributed by atoms with Crippen LogP contribution in [0, 0.1) is 6.92 Å². The van der Waals surface area contributed by atoms with Crippen molar-refractivity contribution in [2.45, 2.75) is 13.8 Å². The molecule has 0 radical (unpaired) electrons. The van der Waals surface area contributed by atoms with Gasteiger partial charge in [-0.1, -0.05) is 28.6 Å². The van der Waals surface area contributed by atoms with Crippen LogP contribution < -0.4 is 4.74 Å². The third-order valence-corrected chi connectivity index (χ3v) is 2.12. The maximum Gasteiger partial charge on any atom is 0.123 e. The molecule has 0 N–H and O–H groups in total. The van der Waals surface area contributed by atoms with Gasteiger partial charge >= 0.3 is 0 Å². The van der Waals surface area contributed by atoms with E-state index < -0.39 is 0 Å². The van der Waals surface area contributed by atoms with Crippen molar-refractivity contribution >= 4 is 15.9 Å². The summed E-state index contributed by atoms with van der Waals surface area (Å²) in [4.78, 5) is 0. The van der Waals surface area contributed by atoms with Crippen molar-refractivity contribution < 1.29 is 4.74 Å². The first-order valence-corrected chi connectivity index (χ1v) is 4.92. The van der Waals surface area contributed by atoms with Crippen LogP contribution in [0.1, 0.15) is 12.5 Å². The summed E-state index contributed by atoms with van der Waals surface area (Å²) in [6, 6.07) is 6.00. The van der Waals surface area contributed by atoms with Crippen molar-refractivity contribution in [2.75, 3.05) is 6.61 Å². The lowest BCUT2D eigenvalue weighted by atomic mass is 10.2. The van der Waals surface area contributed by atoms with Gasteiger partial charge in [-0.25, -0.2) is 0 Å². The summed E-state index contributed by atoms with van der Waals surface area (Å²) in [5.74, 6) is 0.914. The molecular weight excluding hydrogens is 228 g/mol. The Morgan fingerprint density at radius 1 is 1.54 bits per heavy atom. The number of aryl methyl sites for hydroxylation is 1. The van der Waals surface area contributed by atoms with Crippen molar-refractivity contribution in [2.24, 2.45) is 0 Å². The zero-order valence-electron chi connectivity index (χ0n) is 7.93. The summed E-state index contributed by atoms with van der Waals surface area (Å²) in [7, 11) is 0. The second-order valence-electron chi connectivity index (χ2n) is 3.16. The molecule has 13 heavy (non-hydrogen) atoms. The molecule has 0 aliphatic rings. The van der Waals surface area contributed by atoms with Gasteiger partial charge in [0.2, 0.25) is 0 Å². The van der Waals surface area contributed by atoms with Crippen LogP contribution in [-0.2, 0) is 0 Å². The number of hydrogen-bond acceptors (Lipinski definition) is 1. The van der Waals surface area contributed by atoms with E-state index in [2.05, 4.69) is 22.5 Å². The number of ether oxygens (including phenoxy) is 1. The van der Waals surface area contributed by atoms with E-state index in [1.807, 2.05) is 32.0 Å². The minimum Gasteiger partial charge on any atom is -0.489 e. The third kappa shape index (κ3) is 3.23. The van der Waals surface area contributed by atoms with E-state index in [0.717, 1.165) is 21.4 Å². The van der Waals surface area contributed by atoms with Gasteiger partial charge in [-0.05, 0) is 37.1 Å². The molecule has 1 aromatic carbocycles. The van der Waals surface area contributed by atoms with Crippen LogP contribution >= 0.6 is 15.9 Å². The molecule has 0 saturated heterocycles. The van der Waals surface area contributed by atoms with E-state index in [1.54, 1.807) is 0 Å². The van der Waals surface area contributed by atoms with E-state index in [0.29, 0.717) is 6.61 Å². The first kappa shape index (κ1) is 10.3. The maximum atomic E-state index is 5.55. The fourth-order valence-corrected chi connectivity index (χ4v) is 1.27. The molecule has 0 spiro atoms. The normalized spacial score (nSPS) is 9.77. The average molecular weight is 241 g/mol. The summed E-state index contributed by atoms with van der Waals surface area (Å²) >= 11 is 3.40. The highest BCUT2D eigenvalue weighted by Gasteiger charge is 1.99. The van der Waals surface area contributed by atoms with E-state index >= 15 is 0 Å². The molecule has 1 rings (SSSR count). The van der Waals surface area contributed by atoms with Crippen molar-refractivity contribution in [3.05, 3.63) is 40.4 Å². The van der Waals surface area contributed by atoms with Gasteiger partial charge in [0.25, 0.3) is 0 Å². The van der Waals surface area contributed by atoms with Gasteiger partial charge in [0.15, 0.2) is 0 Å². The van der Waals surface area contributed by atoms with E-state index in [1.165, 1.54) is 0 Å². The molecule has 0 unspecified atom stereocenters. The van der Waals surface area contributed by atoms with Gasteiger partial charge in [0.05, 0.1) is 0 Å². The van der Waals surface area contributed by atoms with Crippen LogP contribution in [0.25, 0.3) is 0 Å². The van der Waals surface area contributed by atoms with Gasteiger partial charge in [0, 0.05) is 4.47 Å². The van der Waals surface area contributed by atoms with Gasteiger partial charge in [0.1, 0.15) is 12.4 Å². The zero-order chi connectivity index (χ0) is 9.84. The minimum absolute atomic E-state index is 0.581. The lowest BCUT2D eigenvalue weighted by Crippen LogP contribution is -1.98. The first-order valence-electron chi connectivity index (χ1n) is 4.13. The Morgan fingerprint density at radius 3 is 2.85 bits per heavy atom. The number of hydrogen-bond donors (Lipinski definition) is 0. The molecule has 0 atom stereocenters. The number of rotatable bonds is 3. The minimum atomic E-state index is 0.581. The molecule has 0 amide bonds. The van der Waals surface area contributed by atoms with Crippen molar-refractivity contribution in [3.63, 3.8) is 0 Å². The molecule has 0 aliphatic heterocycles. The lowest BCUT2D eigenvalue weighted by molar-refractivity contribution is 0.350. The standard InChI is InChI=1S/C11H13BrO/c1-8(2)7-13-11-6-10(12)5-4-9(11)3/h4-6H,1,7H2,2-3H3. The molecule has 1 nitrogen and oxygen atoms in total. The van der Waals surface area contributed by atoms with Crippen molar-refractivity contribution in [1.29, 1.82) is 0 Å². The molecular formula is C11H13BrO. The molecule has 0 heterocycles. The Kier molecular flexibility index (Phi) is 3.55. The summed E-state index contributed by atoms with van der Waals surface area (Å²) in [5.41, 5.74) is 2.17. The van der Waals surface area contributed by atoms with Gasteiger partial charge in [-0.2, -0.15) is 0 Å². The smallest absolute Gasteiger partial charge is 0.123 e. The Morgan fingerprint density at radius 2 is 2.23 bits per heavy atom. The molecule has 0 bridgehead atoms. The van der Waals surface area contributed by atoms with Gasteiger partial charge in [-0.15, -0.1) is 0 Å². The quantitative estimate of drug-likeness (QED) is 0.733. The van der Waals surface area contributed by atoms with Crippen LogP contribution in [0.3, 0.4) is 0 Å². The topological polar surface area (TPSA) is 9.23 Å². The molecule has 2 heteroatoms. The molecule has 0 aromatic heterocycles. The number of benzene rings is 1. The molecule has 0 aliphatic carbocycles. The van der Waals surface area contributed by atoms with Crippen LogP contribution in [0.15, 0.2) is 34.8 Å². The highest BCUT2D eigenvalue weighted by molar-refractivity contribution is 9.10.